The molecule has 1 amide bonds. The number of benzene rings is 1. The highest BCUT2D eigenvalue weighted by Crippen LogP contribution is 2.32. The fourth-order valence-corrected chi connectivity index (χ4v) is 3.13. The number of nitrogens with zero attached hydrogens (tertiary/aromatic N) is 2. The van der Waals surface area contributed by atoms with Crippen molar-refractivity contribution in [3.8, 4) is 0 Å². The molecule has 1 heterocycles. The summed E-state index contributed by atoms with van der Waals surface area (Å²) >= 11 is 5.86. The lowest BCUT2D eigenvalue weighted by Crippen LogP contribution is -2.31. The molecule has 0 unspecified atom stereocenters. The van der Waals surface area contributed by atoms with Gasteiger partial charge in [-0.15, -0.1) is 0 Å². The number of rotatable bonds is 6. The zero-order valence-electron chi connectivity index (χ0n) is 13.2. The van der Waals surface area contributed by atoms with E-state index in [9.17, 15) is 9.90 Å². The molecule has 2 N–H and O–H groups in total. The van der Waals surface area contributed by atoms with Gasteiger partial charge in [0.25, 0.3) is 5.91 Å². The van der Waals surface area contributed by atoms with Gasteiger partial charge in [-0.05, 0) is 30.5 Å². The van der Waals surface area contributed by atoms with E-state index in [4.69, 9.17) is 16.1 Å². The molecule has 128 valence electrons. The van der Waals surface area contributed by atoms with Crippen LogP contribution in [0.1, 0.15) is 55.0 Å². The van der Waals surface area contributed by atoms with Crippen molar-refractivity contribution < 1.29 is 14.4 Å². The van der Waals surface area contributed by atoms with Gasteiger partial charge in [0.2, 0.25) is 5.89 Å². The fraction of sp³-hybridized carbons (Fsp3) is 0.471. The quantitative estimate of drug-likeness (QED) is 0.837. The van der Waals surface area contributed by atoms with Crippen LogP contribution in [-0.4, -0.2) is 27.7 Å². The minimum Gasteiger partial charge on any atom is -0.378 e. The maximum Gasteiger partial charge on any atom is 0.253 e. The molecule has 1 fully saturated rings. The highest BCUT2D eigenvalue weighted by Gasteiger charge is 2.23. The summed E-state index contributed by atoms with van der Waals surface area (Å²) in [6.45, 7) is 0.333. The van der Waals surface area contributed by atoms with Crippen molar-refractivity contribution in [3.63, 3.8) is 0 Å². The Bertz CT molecular complexity index is 698. The Morgan fingerprint density at radius 2 is 2.21 bits per heavy atom. The maximum atomic E-state index is 12.0. The highest BCUT2D eigenvalue weighted by atomic mass is 35.5. The number of aliphatic hydroxyl groups excluding tert-OH is 1. The molecule has 0 radical (unpaired) electrons. The van der Waals surface area contributed by atoms with Crippen LogP contribution in [-0.2, 0) is 11.2 Å². The SMILES string of the molecule is O=C(NCCc1noc(C2CCCC2)n1)[C@@H](O)c1cccc(Cl)c1. The highest BCUT2D eigenvalue weighted by molar-refractivity contribution is 6.30. The van der Waals surface area contributed by atoms with Gasteiger partial charge < -0.3 is 14.9 Å². The molecule has 1 atom stereocenters. The number of aliphatic hydroxyl groups is 1. The first-order valence-electron chi connectivity index (χ1n) is 8.17. The van der Waals surface area contributed by atoms with Gasteiger partial charge in [-0.1, -0.05) is 41.7 Å². The van der Waals surface area contributed by atoms with E-state index in [1.165, 1.54) is 12.8 Å². The first-order chi connectivity index (χ1) is 11.6. The number of carbonyl (C=O) groups excluding carboxylic acids is 1. The number of halogens is 1. The van der Waals surface area contributed by atoms with Crippen LogP contribution in [0.5, 0.6) is 0 Å². The van der Waals surface area contributed by atoms with Crippen molar-refractivity contribution in [2.45, 2.75) is 44.1 Å². The van der Waals surface area contributed by atoms with Crippen molar-refractivity contribution in [3.05, 3.63) is 46.6 Å². The lowest BCUT2D eigenvalue weighted by molar-refractivity contribution is -0.129. The van der Waals surface area contributed by atoms with E-state index in [1.54, 1.807) is 24.3 Å². The van der Waals surface area contributed by atoms with Gasteiger partial charge in [-0.2, -0.15) is 4.98 Å². The van der Waals surface area contributed by atoms with Gasteiger partial charge in [0.05, 0.1) is 0 Å². The Morgan fingerprint density at radius 1 is 1.42 bits per heavy atom. The Balaban J connectivity index is 1.48. The predicted octanol–water partition coefficient (Wildman–Crippen LogP) is 2.77. The molecule has 1 aromatic heterocycles. The summed E-state index contributed by atoms with van der Waals surface area (Å²) in [7, 11) is 0. The van der Waals surface area contributed by atoms with E-state index >= 15 is 0 Å². The topological polar surface area (TPSA) is 88.3 Å². The molecule has 0 spiro atoms. The Labute approximate surface area is 145 Å². The molecule has 24 heavy (non-hydrogen) atoms. The van der Waals surface area contributed by atoms with Gasteiger partial charge in [0, 0.05) is 23.9 Å². The van der Waals surface area contributed by atoms with Crippen molar-refractivity contribution in [1.29, 1.82) is 0 Å². The molecule has 1 saturated carbocycles. The molecule has 0 saturated heterocycles. The van der Waals surface area contributed by atoms with Crippen molar-refractivity contribution in [1.82, 2.24) is 15.5 Å². The summed E-state index contributed by atoms with van der Waals surface area (Å²) in [5, 5.41) is 17.1. The smallest absolute Gasteiger partial charge is 0.253 e. The number of carbonyl (C=O) groups is 1. The Kier molecular flexibility index (Phi) is 5.48. The van der Waals surface area contributed by atoms with E-state index in [0.717, 1.165) is 12.8 Å². The third kappa shape index (κ3) is 4.13. The molecular formula is C17H20ClN3O3. The molecule has 3 rings (SSSR count). The maximum absolute atomic E-state index is 12.0. The third-order valence-electron chi connectivity index (χ3n) is 4.25. The van der Waals surface area contributed by atoms with Crippen molar-refractivity contribution in [2.24, 2.45) is 0 Å². The summed E-state index contributed by atoms with van der Waals surface area (Å²) in [5.41, 5.74) is 0.461. The van der Waals surface area contributed by atoms with Crippen LogP contribution in [0.4, 0.5) is 0 Å². The minimum atomic E-state index is -1.25. The zero-order valence-corrected chi connectivity index (χ0v) is 14.0. The normalized spacial score (nSPS) is 16.2. The fourth-order valence-electron chi connectivity index (χ4n) is 2.93. The number of amides is 1. The van der Waals surface area contributed by atoms with Crippen LogP contribution < -0.4 is 5.32 Å². The lowest BCUT2D eigenvalue weighted by Gasteiger charge is -2.11. The summed E-state index contributed by atoms with van der Waals surface area (Å²) in [4.78, 5) is 16.4. The second kappa shape index (κ2) is 7.77. The zero-order chi connectivity index (χ0) is 16.9. The van der Waals surface area contributed by atoms with Crippen molar-refractivity contribution >= 4 is 17.5 Å². The molecule has 0 bridgehead atoms. The Morgan fingerprint density at radius 3 is 2.96 bits per heavy atom. The number of aromatic nitrogens is 2. The van der Waals surface area contributed by atoms with Crippen LogP contribution in [0, 0.1) is 0 Å². The third-order valence-corrected chi connectivity index (χ3v) is 4.48. The molecule has 1 aliphatic rings. The van der Waals surface area contributed by atoms with Gasteiger partial charge >= 0.3 is 0 Å². The Hall–Kier alpha value is -1.92. The molecule has 7 heteroatoms. The minimum absolute atomic E-state index is 0.333. The van der Waals surface area contributed by atoms with E-state index < -0.39 is 12.0 Å². The van der Waals surface area contributed by atoms with E-state index in [2.05, 4.69) is 15.5 Å². The average Bonchev–Trinajstić information content (AvgIpc) is 3.25. The van der Waals surface area contributed by atoms with Gasteiger partial charge in [0.15, 0.2) is 11.9 Å². The summed E-state index contributed by atoms with van der Waals surface area (Å²) < 4.78 is 5.30. The molecule has 6 nitrogen and oxygen atoms in total. The van der Waals surface area contributed by atoms with Crippen LogP contribution in [0.25, 0.3) is 0 Å². The van der Waals surface area contributed by atoms with Crippen LogP contribution in [0.3, 0.4) is 0 Å². The van der Waals surface area contributed by atoms with Crippen LogP contribution >= 0.6 is 11.6 Å². The number of hydrogen-bond acceptors (Lipinski definition) is 5. The summed E-state index contributed by atoms with van der Waals surface area (Å²) in [6.07, 6.45) is 3.83. The van der Waals surface area contributed by atoms with Gasteiger partial charge in [0.1, 0.15) is 0 Å². The van der Waals surface area contributed by atoms with Crippen LogP contribution in [0.2, 0.25) is 5.02 Å². The monoisotopic (exact) mass is 349 g/mol. The molecule has 1 aromatic carbocycles. The van der Waals surface area contributed by atoms with E-state index in [1.807, 2.05) is 0 Å². The van der Waals surface area contributed by atoms with Crippen LogP contribution in [0.15, 0.2) is 28.8 Å². The molecule has 1 aliphatic carbocycles. The second-order valence-corrected chi connectivity index (χ2v) is 6.47. The first-order valence-corrected chi connectivity index (χ1v) is 8.55. The standard InChI is InChI=1S/C17H20ClN3O3/c18-13-7-3-6-12(10-13)15(22)16(23)19-9-8-14-20-17(24-21-14)11-4-1-2-5-11/h3,6-7,10-11,15,22H,1-2,4-5,8-9H2,(H,19,23)/t15-/m0/s1. The number of nitrogens with one attached hydrogen (secondary N) is 1. The number of hydrogen-bond donors (Lipinski definition) is 2. The largest absolute Gasteiger partial charge is 0.378 e. The van der Waals surface area contributed by atoms with Gasteiger partial charge in [-0.25, -0.2) is 0 Å². The second-order valence-electron chi connectivity index (χ2n) is 6.03. The molecule has 0 aliphatic heterocycles. The molecular weight excluding hydrogens is 330 g/mol. The van der Waals surface area contributed by atoms with E-state index in [-0.39, 0.29) is 0 Å². The molecule has 2 aromatic rings. The summed E-state index contributed by atoms with van der Waals surface area (Å²) in [5.74, 6) is 1.18. The predicted molar refractivity (Wildman–Crippen MR) is 88.6 cm³/mol. The van der Waals surface area contributed by atoms with E-state index in [0.29, 0.717) is 41.2 Å². The van der Waals surface area contributed by atoms with Crippen molar-refractivity contribution in [2.75, 3.05) is 6.54 Å². The lowest BCUT2D eigenvalue weighted by atomic mass is 10.1. The first kappa shape index (κ1) is 16.9. The van der Waals surface area contributed by atoms with Gasteiger partial charge in [-0.3, -0.25) is 4.79 Å². The summed E-state index contributed by atoms with van der Waals surface area (Å²) in [6, 6.07) is 6.61. The average molecular weight is 350 g/mol.